The molecule has 1 aliphatic carbocycles. The fraction of sp³-hybridized carbons (Fsp3) is 0.556. The lowest BCUT2D eigenvalue weighted by Crippen LogP contribution is -2.39. The van der Waals surface area contributed by atoms with Gasteiger partial charge in [0.1, 0.15) is 11.9 Å². The minimum Gasteiger partial charge on any atom is -0.359 e. The Kier molecular flexibility index (Phi) is 4.36. The molecule has 5 heteroatoms. The van der Waals surface area contributed by atoms with Gasteiger partial charge in [-0.2, -0.15) is 5.26 Å². The van der Waals surface area contributed by atoms with Gasteiger partial charge in [-0.1, -0.05) is 12.5 Å². The molecule has 1 saturated carbocycles. The molecule has 1 heterocycles. The van der Waals surface area contributed by atoms with Crippen LogP contribution in [-0.2, 0) is 11.3 Å². The summed E-state index contributed by atoms with van der Waals surface area (Å²) in [6, 6.07) is 6.63. The Bertz CT molecular complexity index is 654. The zero-order valence-corrected chi connectivity index (χ0v) is 13.4. The average Bonchev–Trinajstić information content (AvgIpc) is 3.16. The van der Waals surface area contributed by atoms with E-state index in [0.717, 1.165) is 44.3 Å². The molecule has 2 fully saturated rings. The first kappa shape index (κ1) is 15.9. The Morgan fingerprint density at radius 1 is 1.52 bits per heavy atom. The third kappa shape index (κ3) is 2.96. The average molecular weight is 315 g/mol. The van der Waals surface area contributed by atoms with Crippen LogP contribution in [0.15, 0.2) is 18.2 Å². The predicted molar refractivity (Wildman–Crippen MR) is 84.8 cm³/mol. The van der Waals surface area contributed by atoms with Crippen LogP contribution in [0.3, 0.4) is 0 Å². The fourth-order valence-corrected chi connectivity index (χ4v) is 4.34. The van der Waals surface area contributed by atoms with Gasteiger partial charge in [-0.3, -0.25) is 9.69 Å². The molecule has 1 aromatic rings. The first-order valence-corrected chi connectivity index (χ1v) is 8.20. The molecule has 1 spiro atoms. The number of amides is 1. The number of benzene rings is 1. The van der Waals surface area contributed by atoms with E-state index >= 15 is 0 Å². The monoisotopic (exact) mass is 315 g/mol. The van der Waals surface area contributed by atoms with Crippen LogP contribution in [0.2, 0.25) is 0 Å². The van der Waals surface area contributed by atoms with E-state index in [9.17, 15) is 9.18 Å². The van der Waals surface area contributed by atoms with Crippen molar-refractivity contribution in [1.29, 1.82) is 5.26 Å². The van der Waals surface area contributed by atoms with Crippen LogP contribution in [0.4, 0.5) is 4.39 Å². The van der Waals surface area contributed by atoms with E-state index in [-0.39, 0.29) is 22.8 Å². The smallest absolute Gasteiger partial charge is 0.223 e. The highest BCUT2D eigenvalue weighted by molar-refractivity contribution is 5.79. The second kappa shape index (κ2) is 6.29. The van der Waals surface area contributed by atoms with Crippen LogP contribution < -0.4 is 5.32 Å². The Balaban J connectivity index is 1.71. The van der Waals surface area contributed by atoms with Gasteiger partial charge in [0, 0.05) is 26.1 Å². The number of rotatable bonds is 3. The topological polar surface area (TPSA) is 56.1 Å². The molecule has 1 saturated heterocycles. The van der Waals surface area contributed by atoms with E-state index in [1.54, 1.807) is 19.2 Å². The molecule has 23 heavy (non-hydrogen) atoms. The van der Waals surface area contributed by atoms with E-state index in [0.29, 0.717) is 6.54 Å². The first-order valence-electron chi connectivity index (χ1n) is 8.20. The lowest BCUT2D eigenvalue weighted by molar-refractivity contribution is -0.127. The first-order chi connectivity index (χ1) is 11.1. The number of carbonyl (C=O) groups is 1. The number of nitriles is 1. The number of hydrogen-bond donors (Lipinski definition) is 1. The molecule has 4 nitrogen and oxygen atoms in total. The summed E-state index contributed by atoms with van der Waals surface area (Å²) in [7, 11) is 1.71. The van der Waals surface area contributed by atoms with Gasteiger partial charge >= 0.3 is 0 Å². The SMILES string of the molecule is CNC(=O)[C@H]1CCC[C@]12CCN(Cc1ccc(F)c(C#N)c1)C2. The number of nitrogens with zero attached hydrogens (tertiary/aromatic N) is 2. The van der Waals surface area contributed by atoms with Crippen LogP contribution in [0.5, 0.6) is 0 Å². The minimum atomic E-state index is -0.468. The molecule has 2 atom stereocenters. The van der Waals surface area contributed by atoms with Crippen molar-refractivity contribution < 1.29 is 9.18 Å². The molecule has 1 aliphatic heterocycles. The molecule has 1 N–H and O–H groups in total. The van der Waals surface area contributed by atoms with E-state index in [2.05, 4.69) is 10.2 Å². The van der Waals surface area contributed by atoms with Crippen LogP contribution in [0.1, 0.15) is 36.8 Å². The van der Waals surface area contributed by atoms with Crippen molar-refractivity contribution in [3.8, 4) is 6.07 Å². The normalized spacial score (nSPS) is 27.3. The maximum Gasteiger partial charge on any atom is 0.223 e. The lowest BCUT2D eigenvalue weighted by Gasteiger charge is -2.30. The predicted octanol–water partition coefficient (Wildman–Crippen LogP) is 2.44. The summed E-state index contributed by atoms with van der Waals surface area (Å²) < 4.78 is 13.4. The molecule has 122 valence electrons. The molecule has 3 rings (SSSR count). The zero-order valence-electron chi connectivity index (χ0n) is 13.4. The van der Waals surface area contributed by atoms with E-state index < -0.39 is 5.82 Å². The zero-order chi connectivity index (χ0) is 16.4. The molecule has 0 aromatic heterocycles. The quantitative estimate of drug-likeness (QED) is 0.932. The standard InChI is InChI=1S/C18H22FN3O/c1-21-17(23)15-3-2-6-18(15)7-8-22(12-18)11-13-4-5-16(19)14(9-13)10-20/h4-5,9,15H,2-3,6-8,11-12H2,1H3,(H,21,23)/t15-,18-/m1/s1. The largest absolute Gasteiger partial charge is 0.359 e. The van der Waals surface area contributed by atoms with Crippen molar-refractivity contribution in [3.63, 3.8) is 0 Å². The van der Waals surface area contributed by atoms with Crippen molar-refractivity contribution in [2.24, 2.45) is 11.3 Å². The fourth-order valence-electron chi connectivity index (χ4n) is 4.34. The van der Waals surface area contributed by atoms with Gasteiger partial charge in [0.25, 0.3) is 0 Å². The van der Waals surface area contributed by atoms with Gasteiger partial charge in [-0.25, -0.2) is 4.39 Å². The summed E-state index contributed by atoms with van der Waals surface area (Å²) in [6.45, 7) is 2.56. The van der Waals surface area contributed by atoms with E-state index in [4.69, 9.17) is 5.26 Å². The second-order valence-corrected chi connectivity index (χ2v) is 6.81. The van der Waals surface area contributed by atoms with Gasteiger partial charge in [0.15, 0.2) is 0 Å². The van der Waals surface area contributed by atoms with Gasteiger partial charge in [-0.15, -0.1) is 0 Å². The number of nitrogens with one attached hydrogen (secondary N) is 1. The number of hydrogen-bond acceptors (Lipinski definition) is 3. The summed E-state index contributed by atoms with van der Waals surface area (Å²) in [5.74, 6) is -0.192. The molecule has 0 radical (unpaired) electrons. The Morgan fingerprint density at radius 3 is 3.09 bits per heavy atom. The maximum absolute atomic E-state index is 13.4. The van der Waals surface area contributed by atoms with Crippen LogP contribution in [0, 0.1) is 28.5 Å². The Labute approximate surface area is 136 Å². The summed E-state index contributed by atoms with van der Waals surface area (Å²) in [6.07, 6.45) is 4.23. The van der Waals surface area contributed by atoms with Crippen molar-refractivity contribution in [2.45, 2.75) is 32.2 Å². The van der Waals surface area contributed by atoms with Crippen molar-refractivity contribution in [3.05, 3.63) is 35.1 Å². The molecule has 0 bridgehead atoms. The van der Waals surface area contributed by atoms with Gasteiger partial charge in [-0.05, 0) is 48.9 Å². The molecular formula is C18H22FN3O. The third-order valence-electron chi connectivity index (χ3n) is 5.49. The number of halogens is 1. The maximum atomic E-state index is 13.4. The molecule has 0 unspecified atom stereocenters. The molecule has 1 aromatic carbocycles. The number of carbonyl (C=O) groups excluding carboxylic acids is 1. The van der Waals surface area contributed by atoms with Crippen LogP contribution in [0.25, 0.3) is 0 Å². The van der Waals surface area contributed by atoms with Gasteiger partial charge < -0.3 is 5.32 Å². The highest BCUT2D eigenvalue weighted by Gasteiger charge is 2.49. The van der Waals surface area contributed by atoms with Crippen molar-refractivity contribution >= 4 is 5.91 Å². The van der Waals surface area contributed by atoms with Crippen LogP contribution in [-0.4, -0.2) is 30.9 Å². The minimum absolute atomic E-state index is 0.0954. The number of likely N-dealkylation sites (tertiary alicyclic amines) is 1. The van der Waals surface area contributed by atoms with E-state index in [1.165, 1.54) is 6.07 Å². The highest BCUT2D eigenvalue weighted by Crippen LogP contribution is 2.50. The second-order valence-electron chi connectivity index (χ2n) is 6.81. The summed E-state index contributed by atoms with van der Waals surface area (Å²) >= 11 is 0. The van der Waals surface area contributed by atoms with Crippen LogP contribution >= 0.6 is 0 Å². The van der Waals surface area contributed by atoms with Gasteiger partial charge in [0.2, 0.25) is 5.91 Å². The summed E-state index contributed by atoms with van der Waals surface area (Å²) in [5, 5.41) is 11.8. The summed E-state index contributed by atoms with van der Waals surface area (Å²) in [4.78, 5) is 14.5. The third-order valence-corrected chi connectivity index (χ3v) is 5.49. The molecule has 1 amide bonds. The Morgan fingerprint density at radius 2 is 2.35 bits per heavy atom. The van der Waals surface area contributed by atoms with Crippen molar-refractivity contribution in [1.82, 2.24) is 10.2 Å². The summed E-state index contributed by atoms with van der Waals surface area (Å²) in [5.41, 5.74) is 1.15. The van der Waals surface area contributed by atoms with E-state index in [1.807, 2.05) is 6.07 Å². The highest BCUT2D eigenvalue weighted by atomic mass is 19.1. The molecule has 2 aliphatic rings. The molecular weight excluding hydrogens is 293 g/mol. The van der Waals surface area contributed by atoms with Crippen molar-refractivity contribution in [2.75, 3.05) is 20.1 Å². The Hall–Kier alpha value is -1.93. The van der Waals surface area contributed by atoms with Gasteiger partial charge in [0.05, 0.1) is 5.56 Å². The lowest BCUT2D eigenvalue weighted by atomic mass is 9.76.